The van der Waals surface area contributed by atoms with Crippen molar-refractivity contribution >= 4 is 0 Å². The van der Waals surface area contributed by atoms with Crippen molar-refractivity contribution in [2.75, 3.05) is 6.54 Å². The van der Waals surface area contributed by atoms with E-state index in [-0.39, 0.29) is 6.54 Å². The van der Waals surface area contributed by atoms with Gasteiger partial charge in [0.1, 0.15) is 11.9 Å². The highest BCUT2D eigenvalue weighted by Gasteiger charge is 2.30. The first-order valence-electron chi connectivity index (χ1n) is 4.90. The predicted octanol–water partition coefficient (Wildman–Crippen LogP) is 2.24. The van der Waals surface area contributed by atoms with E-state index in [9.17, 15) is 18.3 Å². The molecule has 2 atom stereocenters. The third-order valence-electron chi connectivity index (χ3n) is 2.07. The van der Waals surface area contributed by atoms with Crippen LogP contribution in [0, 0.1) is 0 Å². The first-order valence-corrected chi connectivity index (χ1v) is 4.90. The first kappa shape index (κ1) is 13.1. The highest BCUT2D eigenvalue weighted by Crippen LogP contribution is 2.21. The standard InChI is InChI=1S/C10H14F3NO2/c1-7(5-10(11,12)13)14-6-8(15)9-3-2-4-16-9/h2-4,7-8,14-15H,5-6H2,1H3. The summed E-state index contributed by atoms with van der Waals surface area (Å²) in [5, 5.41) is 12.1. The molecule has 0 aliphatic heterocycles. The van der Waals surface area contributed by atoms with E-state index < -0.39 is 24.7 Å². The Balaban J connectivity index is 2.29. The van der Waals surface area contributed by atoms with Crippen molar-refractivity contribution < 1.29 is 22.7 Å². The molecule has 0 saturated carbocycles. The normalized spacial score (nSPS) is 16.1. The second kappa shape index (κ2) is 5.36. The molecule has 0 fully saturated rings. The molecule has 0 amide bonds. The summed E-state index contributed by atoms with van der Waals surface area (Å²) < 4.78 is 40.9. The van der Waals surface area contributed by atoms with Crippen molar-refractivity contribution in [2.45, 2.75) is 31.7 Å². The number of alkyl halides is 3. The summed E-state index contributed by atoms with van der Waals surface area (Å²) in [6.45, 7) is 1.45. The largest absolute Gasteiger partial charge is 0.467 e. The van der Waals surface area contributed by atoms with E-state index in [0.717, 1.165) is 0 Å². The molecule has 6 heteroatoms. The molecule has 0 spiro atoms. The van der Waals surface area contributed by atoms with Gasteiger partial charge in [0, 0.05) is 12.6 Å². The van der Waals surface area contributed by atoms with Crippen LogP contribution < -0.4 is 5.32 Å². The molecule has 1 heterocycles. The molecule has 0 radical (unpaired) electrons. The third kappa shape index (κ3) is 4.67. The van der Waals surface area contributed by atoms with Gasteiger partial charge in [-0.25, -0.2) is 0 Å². The van der Waals surface area contributed by atoms with E-state index >= 15 is 0 Å². The van der Waals surface area contributed by atoms with E-state index in [1.807, 2.05) is 0 Å². The van der Waals surface area contributed by atoms with Gasteiger partial charge in [0.25, 0.3) is 0 Å². The number of nitrogens with one attached hydrogen (secondary N) is 1. The van der Waals surface area contributed by atoms with Gasteiger partial charge in [0.05, 0.1) is 12.7 Å². The van der Waals surface area contributed by atoms with Gasteiger partial charge in [-0.1, -0.05) is 0 Å². The predicted molar refractivity (Wildman–Crippen MR) is 51.8 cm³/mol. The van der Waals surface area contributed by atoms with Gasteiger partial charge in [-0.15, -0.1) is 0 Å². The zero-order chi connectivity index (χ0) is 12.2. The lowest BCUT2D eigenvalue weighted by molar-refractivity contribution is -0.139. The second-order valence-corrected chi connectivity index (χ2v) is 3.66. The molecule has 16 heavy (non-hydrogen) atoms. The average Bonchev–Trinajstić information content (AvgIpc) is 2.64. The molecular weight excluding hydrogens is 223 g/mol. The molecule has 1 aromatic heterocycles. The number of hydrogen-bond donors (Lipinski definition) is 2. The molecular formula is C10H14F3NO2. The lowest BCUT2D eigenvalue weighted by Gasteiger charge is -2.17. The lowest BCUT2D eigenvalue weighted by atomic mass is 10.2. The summed E-state index contributed by atoms with van der Waals surface area (Å²) >= 11 is 0. The first-order chi connectivity index (χ1) is 7.38. The van der Waals surface area contributed by atoms with Crippen LogP contribution in [0.15, 0.2) is 22.8 Å². The summed E-state index contributed by atoms with van der Waals surface area (Å²) in [5.41, 5.74) is 0. The minimum Gasteiger partial charge on any atom is -0.467 e. The fraction of sp³-hybridized carbons (Fsp3) is 0.600. The minimum atomic E-state index is -4.19. The highest BCUT2D eigenvalue weighted by atomic mass is 19.4. The quantitative estimate of drug-likeness (QED) is 0.825. The molecule has 3 nitrogen and oxygen atoms in total. The van der Waals surface area contributed by atoms with E-state index in [2.05, 4.69) is 5.32 Å². The third-order valence-corrected chi connectivity index (χ3v) is 2.07. The minimum absolute atomic E-state index is 0.0325. The molecule has 0 aromatic carbocycles. The number of aliphatic hydroxyl groups is 1. The number of furan rings is 1. The summed E-state index contributed by atoms with van der Waals surface area (Å²) in [6, 6.07) is 2.45. The summed E-state index contributed by atoms with van der Waals surface area (Å²) in [7, 11) is 0. The van der Waals surface area contributed by atoms with Crippen molar-refractivity contribution in [3.63, 3.8) is 0 Å². The Bertz CT molecular complexity index is 298. The molecule has 0 aliphatic rings. The number of rotatable bonds is 5. The monoisotopic (exact) mass is 237 g/mol. The van der Waals surface area contributed by atoms with Crippen molar-refractivity contribution in [2.24, 2.45) is 0 Å². The van der Waals surface area contributed by atoms with Crippen LogP contribution in [-0.4, -0.2) is 23.9 Å². The zero-order valence-electron chi connectivity index (χ0n) is 8.79. The van der Waals surface area contributed by atoms with Crippen molar-refractivity contribution in [1.82, 2.24) is 5.32 Å². The molecule has 1 rings (SSSR count). The van der Waals surface area contributed by atoms with Crippen LogP contribution in [-0.2, 0) is 0 Å². The Kier molecular flexibility index (Phi) is 4.37. The van der Waals surface area contributed by atoms with Crippen LogP contribution >= 0.6 is 0 Å². The van der Waals surface area contributed by atoms with Crippen LogP contribution in [0.25, 0.3) is 0 Å². The van der Waals surface area contributed by atoms with Crippen LogP contribution in [0.3, 0.4) is 0 Å². The molecule has 2 N–H and O–H groups in total. The second-order valence-electron chi connectivity index (χ2n) is 3.66. The Morgan fingerprint density at radius 2 is 2.19 bits per heavy atom. The van der Waals surface area contributed by atoms with E-state index in [0.29, 0.717) is 5.76 Å². The van der Waals surface area contributed by atoms with Crippen LogP contribution in [0.5, 0.6) is 0 Å². The average molecular weight is 237 g/mol. The maximum atomic E-state index is 12.0. The molecule has 92 valence electrons. The number of aliphatic hydroxyl groups excluding tert-OH is 1. The maximum absolute atomic E-state index is 12.0. The van der Waals surface area contributed by atoms with Crippen molar-refractivity contribution in [3.8, 4) is 0 Å². The Morgan fingerprint density at radius 1 is 1.50 bits per heavy atom. The van der Waals surface area contributed by atoms with Gasteiger partial charge >= 0.3 is 6.18 Å². The summed E-state index contributed by atoms with van der Waals surface area (Å²) in [5.74, 6) is 0.340. The van der Waals surface area contributed by atoms with E-state index in [4.69, 9.17) is 4.42 Å². The highest BCUT2D eigenvalue weighted by molar-refractivity contribution is 5.02. The summed E-state index contributed by atoms with van der Waals surface area (Å²) in [6.07, 6.45) is -4.64. The van der Waals surface area contributed by atoms with Crippen LogP contribution in [0.1, 0.15) is 25.2 Å². The molecule has 2 unspecified atom stereocenters. The SMILES string of the molecule is CC(CC(F)(F)F)NCC(O)c1ccco1. The number of halogens is 3. The van der Waals surface area contributed by atoms with Gasteiger partial charge < -0.3 is 14.8 Å². The molecule has 0 bridgehead atoms. The van der Waals surface area contributed by atoms with Gasteiger partial charge in [-0.2, -0.15) is 13.2 Å². The van der Waals surface area contributed by atoms with Crippen LogP contribution in [0.2, 0.25) is 0 Å². The van der Waals surface area contributed by atoms with Crippen molar-refractivity contribution in [1.29, 1.82) is 0 Å². The maximum Gasteiger partial charge on any atom is 0.390 e. The van der Waals surface area contributed by atoms with E-state index in [1.165, 1.54) is 13.2 Å². The van der Waals surface area contributed by atoms with Gasteiger partial charge in [-0.3, -0.25) is 0 Å². The van der Waals surface area contributed by atoms with Crippen LogP contribution in [0.4, 0.5) is 13.2 Å². The molecule has 0 saturated heterocycles. The zero-order valence-corrected chi connectivity index (χ0v) is 8.79. The van der Waals surface area contributed by atoms with Crippen molar-refractivity contribution in [3.05, 3.63) is 24.2 Å². The number of hydrogen-bond acceptors (Lipinski definition) is 3. The Morgan fingerprint density at radius 3 is 2.69 bits per heavy atom. The lowest BCUT2D eigenvalue weighted by Crippen LogP contribution is -2.34. The Labute approximate surface area is 91.3 Å². The van der Waals surface area contributed by atoms with Gasteiger partial charge in [0.15, 0.2) is 0 Å². The Hall–Kier alpha value is -1.01. The van der Waals surface area contributed by atoms with Gasteiger partial charge in [0.2, 0.25) is 0 Å². The molecule has 1 aromatic rings. The smallest absolute Gasteiger partial charge is 0.390 e. The topological polar surface area (TPSA) is 45.4 Å². The van der Waals surface area contributed by atoms with E-state index in [1.54, 1.807) is 12.1 Å². The summed E-state index contributed by atoms with van der Waals surface area (Å²) in [4.78, 5) is 0. The molecule has 0 aliphatic carbocycles. The van der Waals surface area contributed by atoms with Gasteiger partial charge in [-0.05, 0) is 19.1 Å². The fourth-order valence-electron chi connectivity index (χ4n) is 1.31. The fourth-order valence-corrected chi connectivity index (χ4v) is 1.31.